The Morgan fingerprint density at radius 3 is 1.11 bits per heavy atom. The van der Waals surface area contributed by atoms with Crippen LogP contribution in [0.15, 0.2) is 0 Å². The molecule has 0 rings (SSSR count). The average Bonchev–Trinajstić information content (AvgIpc) is 1.41. The minimum absolute atomic E-state index is 0. The molecule has 60 valence electrons. The van der Waals surface area contributed by atoms with E-state index in [0.29, 0.717) is 0 Å². The molecule has 0 fully saturated rings. The van der Waals surface area contributed by atoms with Crippen LogP contribution in [-0.2, 0) is 11.4 Å². The van der Waals surface area contributed by atoms with Crippen LogP contribution in [0.4, 0.5) is 0 Å². The van der Waals surface area contributed by atoms with Crippen LogP contribution < -0.4 is 18.5 Å². The normalized spacial score (nSPS) is 4.11. The van der Waals surface area contributed by atoms with E-state index in [9.17, 15) is 0 Å². The van der Waals surface area contributed by atoms with E-state index in [4.69, 9.17) is 25.1 Å². The van der Waals surface area contributed by atoms with Gasteiger partial charge in [0.1, 0.15) is 0 Å². The molecule has 0 amide bonds. The van der Waals surface area contributed by atoms with E-state index in [1.54, 1.807) is 0 Å². The monoisotopic (exact) mass is 160 g/mol. The first-order chi connectivity index (χ1) is 2.73. The molecule has 0 aromatic heterocycles. The number of hydrogen-bond acceptors (Lipinski definition) is 4. The van der Waals surface area contributed by atoms with Gasteiger partial charge in [0.2, 0.25) is 0 Å². The van der Waals surface area contributed by atoms with E-state index < -0.39 is 11.4 Å². The number of nitrogens with zero attached hydrogens (tertiary/aromatic N) is 1. The lowest BCUT2D eigenvalue weighted by Crippen LogP contribution is -1.76. The Kier molecular flexibility index (Phi) is 227. The van der Waals surface area contributed by atoms with Crippen molar-refractivity contribution in [2.75, 3.05) is 0 Å². The van der Waals surface area contributed by atoms with Crippen molar-refractivity contribution in [2.24, 2.45) is 0 Å². The van der Waals surface area contributed by atoms with E-state index in [2.05, 4.69) is 0 Å². The third-order valence-corrected chi connectivity index (χ3v) is 0. The maximum atomic E-state index is 8.44. The summed E-state index contributed by atoms with van der Waals surface area (Å²) in [4.78, 5) is 0. The highest BCUT2D eigenvalue weighted by molar-refractivity contribution is 7.72. The number of hydrogen-bond donors (Lipinski definition) is 3. The number of rotatable bonds is 0. The van der Waals surface area contributed by atoms with Crippen molar-refractivity contribution in [3.05, 3.63) is 6.57 Å². The lowest BCUT2D eigenvalue weighted by atomic mass is 11.9. The first-order valence-electron chi connectivity index (χ1n) is 0.724. The van der Waals surface area contributed by atoms with E-state index in [0.717, 1.165) is 0 Å². The van der Waals surface area contributed by atoms with Gasteiger partial charge in [0.05, 0.1) is 0 Å². The van der Waals surface area contributed by atoms with Crippen molar-refractivity contribution in [1.82, 2.24) is 18.5 Å². The second-order valence-electron chi connectivity index (χ2n) is 0.204. The largest absolute Gasteiger partial charge is 0.784 e. The molecule has 0 spiro atoms. The van der Waals surface area contributed by atoms with E-state index in [1.165, 1.54) is 0 Å². The van der Waals surface area contributed by atoms with Gasteiger partial charge < -0.3 is 39.4 Å². The summed E-state index contributed by atoms with van der Waals surface area (Å²) in [6.07, 6.45) is 0. The SMILES string of the molecule is O=S([O-])[O-].[C-]#N.[NH4+].[NH4+].[NH4+]. The summed E-state index contributed by atoms with van der Waals surface area (Å²) in [6, 6.07) is 0. The smallest absolute Gasteiger partial charge is 0.142 e. The van der Waals surface area contributed by atoms with Crippen LogP contribution in [0, 0.1) is 11.8 Å². The molecule has 9 heavy (non-hydrogen) atoms. The highest BCUT2D eigenvalue weighted by atomic mass is 32.2. The molecule has 8 heteroatoms. The van der Waals surface area contributed by atoms with Crippen molar-refractivity contribution < 1.29 is 13.3 Å². The molecule has 0 radical (unpaired) electrons. The zero-order valence-electron chi connectivity index (χ0n) is 5.58. The molecular weight excluding hydrogens is 148 g/mol. The third-order valence-electron chi connectivity index (χ3n) is 0. The number of quaternary nitrogens is 3. The topological polar surface area (TPSA) is 196 Å². The molecule has 0 unspecified atom stereocenters. The maximum absolute atomic E-state index is 8.44. The molecule has 0 aromatic rings. The first-order valence-corrected chi connectivity index (χ1v) is 1.72. The summed E-state index contributed by atoms with van der Waals surface area (Å²) < 4.78 is 25.3. The molecule has 0 saturated carbocycles. The van der Waals surface area contributed by atoms with Gasteiger partial charge in [-0.15, -0.1) is 11.4 Å². The van der Waals surface area contributed by atoms with Gasteiger partial charge in [-0.25, -0.2) is 0 Å². The fourth-order valence-electron chi connectivity index (χ4n) is 0. The van der Waals surface area contributed by atoms with Crippen molar-refractivity contribution in [3.63, 3.8) is 0 Å². The Labute approximate surface area is 55.9 Å². The summed E-state index contributed by atoms with van der Waals surface area (Å²) in [6.45, 7) is 4.75. The van der Waals surface area contributed by atoms with Gasteiger partial charge in [0.25, 0.3) is 0 Å². The van der Waals surface area contributed by atoms with Crippen molar-refractivity contribution in [1.29, 1.82) is 5.26 Å². The predicted molar refractivity (Wildman–Crippen MR) is 32.6 cm³/mol. The first kappa shape index (κ1) is 39.5. The molecule has 0 bridgehead atoms. The quantitative estimate of drug-likeness (QED) is 0.336. The minimum atomic E-state index is -3.11. The van der Waals surface area contributed by atoms with Gasteiger partial charge in [-0.3, -0.25) is 4.21 Å². The van der Waals surface area contributed by atoms with E-state index >= 15 is 0 Å². The Balaban J connectivity index is -0.00000000990. The Bertz CT molecular complexity index is 60.1. The van der Waals surface area contributed by atoms with Crippen LogP contribution in [0.3, 0.4) is 0 Å². The highest BCUT2D eigenvalue weighted by Gasteiger charge is 1.20. The minimum Gasteiger partial charge on any atom is -0.784 e. The van der Waals surface area contributed by atoms with Crippen molar-refractivity contribution in [3.8, 4) is 0 Å². The molecule has 0 aliphatic carbocycles. The summed E-state index contributed by atoms with van der Waals surface area (Å²) in [7, 11) is 0. The molecule has 0 aliphatic heterocycles. The van der Waals surface area contributed by atoms with Crippen LogP contribution in [0.1, 0.15) is 0 Å². The van der Waals surface area contributed by atoms with Crippen LogP contribution >= 0.6 is 0 Å². The lowest BCUT2D eigenvalue weighted by Gasteiger charge is -2.03. The summed E-state index contributed by atoms with van der Waals surface area (Å²) >= 11 is -3.11. The molecule has 0 aliphatic rings. The van der Waals surface area contributed by atoms with E-state index in [1.807, 2.05) is 0 Å². The summed E-state index contributed by atoms with van der Waals surface area (Å²) in [5, 5.41) is 6.25. The van der Waals surface area contributed by atoms with Crippen molar-refractivity contribution in [2.45, 2.75) is 0 Å². The standard InChI is InChI=1S/CN.3H3N.H2O3S/c1-2;;;;1-4(2)3/h;3*1H3;(H2,1,2,3)/q-1;;;;/p+1. The van der Waals surface area contributed by atoms with Gasteiger partial charge in [0.15, 0.2) is 0 Å². The van der Waals surface area contributed by atoms with Gasteiger partial charge in [-0.05, 0) is 0 Å². The lowest BCUT2D eigenvalue weighted by molar-refractivity contribution is 0.419. The Morgan fingerprint density at radius 1 is 1.11 bits per heavy atom. The fourth-order valence-corrected chi connectivity index (χ4v) is 0. The van der Waals surface area contributed by atoms with Crippen molar-refractivity contribution >= 4 is 11.4 Å². The Morgan fingerprint density at radius 2 is 1.11 bits per heavy atom. The van der Waals surface area contributed by atoms with Gasteiger partial charge in [-0.2, -0.15) is 0 Å². The molecule has 12 N–H and O–H groups in total. The molecule has 0 atom stereocenters. The van der Waals surface area contributed by atoms with Crippen LogP contribution in [-0.4, -0.2) is 13.3 Å². The van der Waals surface area contributed by atoms with E-state index in [-0.39, 0.29) is 18.5 Å². The summed E-state index contributed by atoms with van der Waals surface area (Å²) in [5.41, 5.74) is 0. The highest BCUT2D eigenvalue weighted by Crippen LogP contribution is 1.42. The molecule has 7 nitrogen and oxygen atoms in total. The fraction of sp³-hybridized carbons (Fsp3) is 0. The molecule has 0 heterocycles. The second kappa shape index (κ2) is 51.8. The van der Waals surface area contributed by atoms with Gasteiger partial charge in [-0.1, -0.05) is 0 Å². The zero-order chi connectivity index (χ0) is 5.58. The third kappa shape index (κ3) is 702. The molecule has 0 saturated heterocycles. The van der Waals surface area contributed by atoms with Gasteiger partial charge >= 0.3 is 0 Å². The zero-order valence-corrected chi connectivity index (χ0v) is 6.40. The molecular formula is CH12N4O3S. The maximum Gasteiger partial charge on any atom is -0.142 e. The predicted octanol–water partition coefficient (Wildman–Crippen LogP) is 0.221. The second-order valence-corrected chi connectivity index (χ2v) is 0.612. The van der Waals surface area contributed by atoms with Crippen LogP contribution in [0.25, 0.3) is 0 Å². The Hall–Kier alpha value is -0.560. The van der Waals surface area contributed by atoms with Gasteiger partial charge in [0, 0.05) is 0 Å². The average molecular weight is 160 g/mol. The van der Waals surface area contributed by atoms with Crippen LogP contribution in [0.5, 0.6) is 0 Å². The molecule has 0 aromatic carbocycles. The summed E-state index contributed by atoms with van der Waals surface area (Å²) in [5.74, 6) is 0. The van der Waals surface area contributed by atoms with Crippen LogP contribution in [0.2, 0.25) is 0 Å².